The van der Waals surface area contributed by atoms with Crippen molar-refractivity contribution in [2.45, 2.75) is 31.5 Å². The number of rotatable bonds is 2. The number of fused-ring (bicyclic) bond motifs is 1. The van der Waals surface area contributed by atoms with Crippen LogP contribution in [0.2, 0.25) is 0 Å². The maximum atomic E-state index is 12.2. The average Bonchev–Trinajstić information content (AvgIpc) is 3.09. The van der Waals surface area contributed by atoms with Crippen molar-refractivity contribution in [3.8, 4) is 11.8 Å². The zero-order chi connectivity index (χ0) is 19.3. The first-order valence-corrected chi connectivity index (χ1v) is 9.70. The predicted molar refractivity (Wildman–Crippen MR) is 111 cm³/mol. The van der Waals surface area contributed by atoms with Gasteiger partial charge in [-0.15, -0.1) is 0 Å². The molecule has 144 valence electrons. The highest BCUT2D eigenvalue weighted by Crippen LogP contribution is 2.33. The van der Waals surface area contributed by atoms with Gasteiger partial charge in [-0.25, -0.2) is 10.2 Å². The van der Waals surface area contributed by atoms with E-state index in [1.165, 1.54) is 0 Å². The first-order chi connectivity index (χ1) is 13.7. The van der Waals surface area contributed by atoms with Crippen LogP contribution >= 0.6 is 0 Å². The zero-order valence-electron chi connectivity index (χ0n) is 15.6. The second-order valence-corrected chi connectivity index (χ2v) is 7.33. The van der Waals surface area contributed by atoms with Crippen LogP contribution in [0, 0.1) is 23.7 Å². The van der Waals surface area contributed by atoms with Crippen LogP contribution in [0.1, 0.15) is 24.8 Å². The number of urea groups is 1. The van der Waals surface area contributed by atoms with Gasteiger partial charge in [0.2, 0.25) is 0 Å². The molecule has 2 fully saturated rings. The molecule has 1 aliphatic carbocycles. The monoisotopic (exact) mass is 375 g/mol. The second kappa shape index (κ2) is 8.44. The Balaban J connectivity index is 1.42. The third kappa shape index (κ3) is 4.34. The van der Waals surface area contributed by atoms with E-state index in [4.69, 9.17) is 5.73 Å². The zero-order valence-corrected chi connectivity index (χ0v) is 15.6. The van der Waals surface area contributed by atoms with Crippen LogP contribution in [0.4, 0.5) is 16.2 Å². The number of anilines is 2. The summed E-state index contributed by atoms with van der Waals surface area (Å²) < 4.78 is 0. The van der Waals surface area contributed by atoms with Gasteiger partial charge in [0.15, 0.2) is 0 Å². The number of nitrogens with one attached hydrogen (secondary N) is 4. The van der Waals surface area contributed by atoms with Gasteiger partial charge < -0.3 is 16.4 Å². The maximum Gasteiger partial charge on any atom is 0.323 e. The molecular formula is C22H25N5O. The van der Waals surface area contributed by atoms with Crippen LogP contribution in [0.25, 0.3) is 0 Å². The van der Waals surface area contributed by atoms with Crippen molar-refractivity contribution in [2.75, 3.05) is 10.6 Å². The van der Waals surface area contributed by atoms with Crippen molar-refractivity contribution in [3.05, 3.63) is 60.2 Å². The van der Waals surface area contributed by atoms with E-state index < -0.39 is 0 Å². The van der Waals surface area contributed by atoms with Crippen LogP contribution in [-0.2, 0) is 0 Å². The molecule has 1 heterocycles. The molecule has 2 aromatic rings. The van der Waals surface area contributed by atoms with E-state index in [-0.39, 0.29) is 18.1 Å². The highest BCUT2D eigenvalue weighted by Gasteiger charge is 2.40. The van der Waals surface area contributed by atoms with Crippen molar-refractivity contribution >= 4 is 17.4 Å². The lowest BCUT2D eigenvalue weighted by Gasteiger charge is -2.31. The predicted octanol–water partition coefficient (Wildman–Crippen LogP) is 2.86. The van der Waals surface area contributed by atoms with E-state index in [1.54, 1.807) is 0 Å². The molecule has 1 aliphatic heterocycles. The third-order valence-corrected chi connectivity index (χ3v) is 5.36. The van der Waals surface area contributed by atoms with Crippen molar-refractivity contribution in [1.82, 2.24) is 10.9 Å². The summed E-state index contributed by atoms with van der Waals surface area (Å²) in [4.78, 5) is 12.2. The molecule has 0 aromatic heterocycles. The number of benzene rings is 2. The van der Waals surface area contributed by atoms with Crippen molar-refractivity contribution in [3.63, 3.8) is 0 Å². The molecule has 2 aromatic carbocycles. The van der Waals surface area contributed by atoms with E-state index in [9.17, 15) is 4.79 Å². The Morgan fingerprint density at radius 1 is 1.00 bits per heavy atom. The van der Waals surface area contributed by atoms with E-state index >= 15 is 0 Å². The van der Waals surface area contributed by atoms with Gasteiger partial charge in [0.1, 0.15) is 0 Å². The highest BCUT2D eigenvalue weighted by molar-refractivity contribution is 5.99. The third-order valence-electron chi connectivity index (χ3n) is 5.36. The minimum absolute atomic E-state index is 0.0562. The Bertz CT molecular complexity index is 887. The van der Waals surface area contributed by atoms with E-state index in [0.29, 0.717) is 17.6 Å². The maximum absolute atomic E-state index is 12.2. The summed E-state index contributed by atoms with van der Waals surface area (Å²) >= 11 is 0. The molecule has 4 atom stereocenters. The molecule has 4 unspecified atom stereocenters. The van der Waals surface area contributed by atoms with Gasteiger partial charge in [0.25, 0.3) is 0 Å². The number of hydrogen-bond acceptors (Lipinski definition) is 4. The molecule has 4 rings (SSSR count). The van der Waals surface area contributed by atoms with Gasteiger partial charge in [-0.2, -0.15) is 0 Å². The smallest absolute Gasteiger partial charge is 0.315 e. The summed E-state index contributed by atoms with van der Waals surface area (Å²) in [6.07, 6.45) is 3.31. The van der Waals surface area contributed by atoms with Crippen LogP contribution in [-0.4, -0.2) is 18.2 Å². The molecule has 1 saturated heterocycles. The Labute approximate surface area is 165 Å². The van der Waals surface area contributed by atoms with Crippen molar-refractivity contribution in [1.29, 1.82) is 0 Å². The summed E-state index contributed by atoms with van der Waals surface area (Å²) in [5.74, 6) is 7.30. The SMILES string of the molecule is NC1NNC2CCCC(C#Cc3cccc(NC(=O)Nc4ccccc4)c3)C12. The second-order valence-electron chi connectivity index (χ2n) is 7.33. The fraction of sp³-hybridized carbons (Fsp3) is 0.318. The summed E-state index contributed by atoms with van der Waals surface area (Å²) in [6, 6.07) is 17.1. The Morgan fingerprint density at radius 3 is 2.64 bits per heavy atom. The van der Waals surface area contributed by atoms with Crippen LogP contribution in [0.3, 0.4) is 0 Å². The van der Waals surface area contributed by atoms with Gasteiger partial charge in [-0.3, -0.25) is 5.43 Å². The van der Waals surface area contributed by atoms with E-state index in [2.05, 4.69) is 33.3 Å². The minimum atomic E-state index is -0.277. The van der Waals surface area contributed by atoms with E-state index in [0.717, 1.165) is 30.5 Å². The van der Waals surface area contributed by atoms with Gasteiger partial charge in [0.05, 0.1) is 6.17 Å². The van der Waals surface area contributed by atoms with Gasteiger partial charge in [-0.05, 0) is 43.2 Å². The van der Waals surface area contributed by atoms with Gasteiger partial charge in [0, 0.05) is 34.8 Å². The molecule has 6 N–H and O–H groups in total. The number of para-hydroxylation sites is 1. The molecule has 0 bridgehead atoms. The lowest BCUT2D eigenvalue weighted by Crippen LogP contribution is -2.42. The fourth-order valence-corrected chi connectivity index (χ4v) is 4.03. The van der Waals surface area contributed by atoms with Crippen LogP contribution in [0.5, 0.6) is 0 Å². The number of amides is 2. The summed E-state index contributed by atoms with van der Waals surface area (Å²) in [5, 5.41) is 5.66. The molecular weight excluding hydrogens is 350 g/mol. The van der Waals surface area contributed by atoms with Crippen LogP contribution in [0.15, 0.2) is 54.6 Å². The molecule has 0 radical (unpaired) electrons. The fourth-order valence-electron chi connectivity index (χ4n) is 4.03. The minimum Gasteiger partial charge on any atom is -0.315 e. The Kier molecular flexibility index (Phi) is 5.58. The van der Waals surface area contributed by atoms with Gasteiger partial charge in [-0.1, -0.05) is 42.5 Å². The summed E-state index contributed by atoms with van der Waals surface area (Å²) in [7, 11) is 0. The standard InChI is InChI=1S/C22H25N5O/c23-21-20-16(7-5-11-19(20)26-27-21)13-12-15-6-4-10-18(14-15)25-22(28)24-17-8-2-1-3-9-17/h1-4,6,8-10,14,16,19-21,26-27H,5,7,11,23H2,(H2,24,25,28). The molecule has 0 spiro atoms. The lowest BCUT2D eigenvalue weighted by molar-refractivity contribution is 0.251. The van der Waals surface area contributed by atoms with Gasteiger partial charge >= 0.3 is 6.03 Å². The number of hydrogen-bond donors (Lipinski definition) is 5. The molecule has 28 heavy (non-hydrogen) atoms. The molecule has 6 heteroatoms. The van der Waals surface area contributed by atoms with Crippen molar-refractivity contribution in [2.24, 2.45) is 17.6 Å². The summed E-state index contributed by atoms with van der Waals surface area (Å²) in [5.41, 5.74) is 15.0. The van der Waals surface area contributed by atoms with Crippen LogP contribution < -0.4 is 27.2 Å². The molecule has 1 saturated carbocycles. The number of carbonyl (C=O) groups is 1. The normalized spacial score (nSPS) is 25.9. The largest absolute Gasteiger partial charge is 0.323 e. The number of nitrogens with two attached hydrogens (primary N) is 1. The average molecular weight is 375 g/mol. The summed E-state index contributed by atoms with van der Waals surface area (Å²) in [6.45, 7) is 0. The molecule has 2 aliphatic rings. The highest BCUT2D eigenvalue weighted by atomic mass is 16.2. The number of carbonyl (C=O) groups excluding carboxylic acids is 1. The molecule has 2 amide bonds. The molecule has 6 nitrogen and oxygen atoms in total. The first kappa shape index (κ1) is 18.5. The van der Waals surface area contributed by atoms with E-state index in [1.807, 2.05) is 54.6 Å². The van der Waals surface area contributed by atoms with Crippen molar-refractivity contribution < 1.29 is 4.79 Å². The Morgan fingerprint density at radius 2 is 1.79 bits per heavy atom. The Hall–Kier alpha value is -2.85. The first-order valence-electron chi connectivity index (χ1n) is 9.70. The lowest BCUT2D eigenvalue weighted by atomic mass is 9.76. The quantitative estimate of drug-likeness (QED) is 0.522. The topological polar surface area (TPSA) is 91.2 Å². The number of hydrazine groups is 1.